The van der Waals surface area contributed by atoms with Crippen LogP contribution < -0.4 is 16.0 Å². The van der Waals surface area contributed by atoms with Gasteiger partial charge in [-0.15, -0.1) is 0 Å². The van der Waals surface area contributed by atoms with Crippen molar-refractivity contribution in [3.8, 4) is 0 Å². The molecule has 8 nitrogen and oxygen atoms in total. The number of rotatable bonds is 3. The van der Waals surface area contributed by atoms with Crippen LogP contribution in [0.3, 0.4) is 0 Å². The van der Waals surface area contributed by atoms with E-state index in [0.29, 0.717) is 13.2 Å². The molecule has 2 heterocycles. The third-order valence-corrected chi connectivity index (χ3v) is 3.74. The van der Waals surface area contributed by atoms with E-state index in [1.165, 1.54) is 0 Å². The summed E-state index contributed by atoms with van der Waals surface area (Å²) in [6, 6.07) is -0.554. The van der Waals surface area contributed by atoms with Crippen LogP contribution in [0.15, 0.2) is 0 Å². The Bertz CT molecular complexity index is 468. The van der Waals surface area contributed by atoms with Gasteiger partial charge in [0, 0.05) is 12.5 Å². The smallest absolute Gasteiger partial charge is 0.407 e. The fourth-order valence-corrected chi connectivity index (χ4v) is 2.72. The zero-order chi connectivity index (χ0) is 16.4. The van der Waals surface area contributed by atoms with Gasteiger partial charge in [-0.3, -0.25) is 10.1 Å². The van der Waals surface area contributed by atoms with E-state index in [1.54, 1.807) is 20.8 Å². The summed E-state index contributed by atoms with van der Waals surface area (Å²) in [5.41, 5.74) is -1.82. The molecule has 2 aliphatic heterocycles. The van der Waals surface area contributed by atoms with Crippen molar-refractivity contribution in [3.63, 3.8) is 0 Å². The molecule has 22 heavy (non-hydrogen) atoms. The average molecular weight is 313 g/mol. The van der Waals surface area contributed by atoms with Crippen molar-refractivity contribution in [1.29, 1.82) is 0 Å². The van der Waals surface area contributed by atoms with E-state index in [0.717, 1.165) is 12.8 Å². The lowest BCUT2D eigenvalue weighted by atomic mass is 9.80. The Labute approximate surface area is 129 Å². The highest BCUT2D eigenvalue weighted by Crippen LogP contribution is 2.28. The summed E-state index contributed by atoms with van der Waals surface area (Å²) in [6.07, 6.45) is 0.920. The predicted molar refractivity (Wildman–Crippen MR) is 77.2 cm³/mol. The van der Waals surface area contributed by atoms with Crippen LogP contribution in [0.4, 0.5) is 9.59 Å². The van der Waals surface area contributed by atoms with E-state index >= 15 is 0 Å². The molecule has 2 fully saturated rings. The molecule has 2 rings (SSSR count). The molecule has 2 atom stereocenters. The van der Waals surface area contributed by atoms with E-state index < -0.39 is 29.2 Å². The molecule has 0 radical (unpaired) electrons. The van der Waals surface area contributed by atoms with Gasteiger partial charge in [0.1, 0.15) is 11.1 Å². The molecule has 4 amide bonds. The summed E-state index contributed by atoms with van der Waals surface area (Å²) in [7, 11) is 0. The number of nitrogens with one attached hydrogen (secondary N) is 3. The minimum absolute atomic E-state index is 0.0342. The van der Waals surface area contributed by atoms with E-state index in [2.05, 4.69) is 16.0 Å². The first-order valence-electron chi connectivity index (χ1n) is 7.41. The van der Waals surface area contributed by atoms with E-state index in [1.807, 2.05) is 0 Å². The molecule has 2 unspecified atom stereocenters. The van der Waals surface area contributed by atoms with Gasteiger partial charge in [0.2, 0.25) is 0 Å². The fraction of sp³-hybridized carbons (Fsp3) is 0.786. The van der Waals surface area contributed by atoms with Crippen molar-refractivity contribution in [2.24, 2.45) is 5.92 Å². The first-order chi connectivity index (χ1) is 10.2. The zero-order valence-electron chi connectivity index (χ0n) is 13.2. The summed E-state index contributed by atoms with van der Waals surface area (Å²) in [5, 5.41) is 7.47. The number of hydrogen-bond acceptors (Lipinski definition) is 5. The largest absolute Gasteiger partial charge is 0.444 e. The van der Waals surface area contributed by atoms with Crippen molar-refractivity contribution in [2.45, 2.75) is 44.8 Å². The number of urea groups is 1. The van der Waals surface area contributed by atoms with E-state index in [-0.39, 0.29) is 12.5 Å². The van der Waals surface area contributed by atoms with Crippen LogP contribution in [0, 0.1) is 5.92 Å². The number of alkyl carbamates (subject to hydrolysis) is 1. The van der Waals surface area contributed by atoms with Crippen LogP contribution in [0.5, 0.6) is 0 Å². The number of imide groups is 1. The zero-order valence-corrected chi connectivity index (χ0v) is 13.2. The molecule has 2 saturated heterocycles. The lowest BCUT2D eigenvalue weighted by Gasteiger charge is -2.37. The molecule has 0 aliphatic carbocycles. The summed E-state index contributed by atoms with van der Waals surface area (Å²) >= 11 is 0. The molecule has 2 aliphatic rings. The Balaban J connectivity index is 2.07. The number of carbonyl (C=O) groups excluding carboxylic acids is 3. The number of carbonyl (C=O) groups is 3. The fourth-order valence-electron chi connectivity index (χ4n) is 2.72. The lowest BCUT2D eigenvalue weighted by molar-refractivity contribution is -0.128. The third kappa shape index (κ3) is 3.68. The quantitative estimate of drug-likeness (QED) is 0.659. The second-order valence-electron chi connectivity index (χ2n) is 6.65. The highest BCUT2D eigenvalue weighted by molar-refractivity contribution is 6.07. The average Bonchev–Trinajstić information content (AvgIpc) is 2.71. The Morgan fingerprint density at radius 1 is 1.45 bits per heavy atom. The first-order valence-corrected chi connectivity index (χ1v) is 7.41. The SMILES string of the molecule is CC(C)(C)OC(=O)NCC1(C2CCCOC2)NC(=O)NC1=O. The maximum atomic E-state index is 12.3. The van der Waals surface area contributed by atoms with Crippen LogP contribution in [0.1, 0.15) is 33.6 Å². The van der Waals surface area contributed by atoms with Gasteiger partial charge >= 0.3 is 12.1 Å². The van der Waals surface area contributed by atoms with Crippen LogP contribution >= 0.6 is 0 Å². The van der Waals surface area contributed by atoms with Gasteiger partial charge in [-0.2, -0.15) is 0 Å². The molecule has 0 spiro atoms. The molecule has 0 saturated carbocycles. The normalized spacial score (nSPS) is 28.8. The maximum Gasteiger partial charge on any atom is 0.407 e. The Morgan fingerprint density at radius 2 is 2.18 bits per heavy atom. The predicted octanol–water partition coefficient (Wildman–Crippen LogP) is 0.516. The molecular formula is C14H23N3O5. The minimum atomic E-state index is -1.19. The topological polar surface area (TPSA) is 106 Å². The van der Waals surface area contributed by atoms with Crippen molar-refractivity contribution >= 4 is 18.0 Å². The van der Waals surface area contributed by atoms with Crippen molar-refractivity contribution < 1.29 is 23.9 Å². The van der Waals surface area contributed by atoms with Gasteiger partial charge in [-0.25, -0.2) is 9.59 Å². The lowest BCUT2D eigenvalue weighted by Crippen LogP contribution is -2.62. The van der Waals surface area contributed by atoms with Crippen LogP contribution in [-0.4, -0.2) is 48.9 Å². The number of amides is 4. The highest BCUT2D eigenvalue weighted by Gasteiger charge is 2.52. The Kier molecular flexibility index (Phi) is 4.60. The second-order valence-corrected chi connectivity index (χ2v) is 6.65. The standard InChI is InChI=1S/C14H23N3O5/c1-13(2,3)22-12(20)15-8-14(9-5-4-6-21-7-9)10(18)16-11(19)17-14/h9H,4-8H2,1-3H3,(H,15,20)(H2,16,17,18,19). The molecule has 0 bridgehead atoms. The van der Waals surface area contributed by atoms with Gasteiger partial charge < -0.3 is 20.1 Å². The molecule has 0 aromatic rings. The first kappa shape index (κ1) is 16.5. The van der Waals surface area contributed by atoms with E-state index in [9.17, 15) is 14.4 Å². The molecule has 124 valence electrons. The summed E-state index contributed by atoms with van der Waals surface area (Å²) in [5.74, 6) is -0.633. The van der Waals surface area contributed by atoms with Crippen LogP contribution in [0.25, 0.3) is 0 Å². The van der Waals surface area contributed by atoms with Crippen LogP contribution in [-0.2, 0) is 14.3 Å². The summed E-state index contributed by atoms with van der Waals surface area (Å²) in [6.45, 7) is 6.23. The summed E-state index contributed by atoms with van der Waals surface area (Å²) in [4.78, 5) is 35.6. The highest BCUT2D eigenvalue weighted by atomic mass is 16.6. The Hall–Kier alpha value is -1.83. The molecule has 0 aromatic carbocycles. The van der Waals surface area contributed by atoms with Crippen molar-refractivity contribution in [2.75, 3.05) is 19.8 Å². The second kappa shape index (κ2) is 6.12. The monoisotopic (exact) mass is 313 g/mol. The minimum Gasteiger partial charge on any atom is -0.444 e. The molecule has 0 aromatic heterocycles. The van der Waals surface area contributed by atoms with Gasteiger partial charge in [0.05, 0.1) is 13.2 Å². The molecule has 8 heteroatoms. The van der Waals surface area contributed by atoms with Crippen LogP contribution in [0.2, 0.25) is 0 Å². The van der Waals surface area contributed by atoms with Gasteiger partial charge in [-0.1, -0.05) is 0 Å². The van der Waals surface area contributed by atoms with Crippen molar-refractivity contribution in [3.05, 3.63) is 0 Å². The molecule has 3 N–H and O–H groups in total. The molecular weight excluding hydrogens is 290 g/mol. The van der Waals surface area contributed by atoms with E-state index in [4.69, 9.17) is 9.47 Å². The third-order valence-electron chi connectivity index (χ3n) is 3.74. The number of hydrogen-bond donors (Lipinski definition) is 3. The van der Waals surface area contributed by atoms with Gasteiger partial charge in [-0.05, 0) is 33.6 Å². The maximum absolute atomic E-state index is 12.3. The summed E-state index contributed by atoms with van der Waals surface area (Å²) < 4.78 is 10.6. The number of ether oxygens (including phenoxy) is 2. The van der Waals surface area contributed by atoms with Gasteiger partial charge in [0.15, 0.2) is 0 Å². The van der Waals surface area contributed by atoms with Crippen molar-refractivity contribution in [1.82, 2.24) is 16.0 Å². The van der Waals surface area contributed by atoms with Gasteiger partial charge in [0.25, 0.3) is 5.91 Å². The Morgan fingerprint density at radius 3 is 2.68 bits per heavy atom.